The Balaban J connectivity index is 2.33. The molecule has 0 saturated heterocycles. The minimum Gasteiger partial charge on any atom is -0.327 e. The molecule has 3 heteroatoms. The van der Waals surface area contributed by atoms with Crippen molar-refractivity contribution >= 4 is 23.4 Å². The molecule has 0 bridgehead atoms. The molecule has 2 unspecified atom stereocenters. The molecule has 2 atom stereocenters. The summed E-state index contributed by atoms with van der Waals surface area (Å²) in [6.45, 7) is 6.30. The van der Waals surface area contributed by atoms with E-state index in [1.165, 1.54) is 21.6 Å². The Kier molecular flexibility index (Phi) is 5.14. The van der Waals surface area contributed by atoms with Gasteiger partial charge in [0.05, 0.1) is 0 Å². The molecule has 0 fully saturated rings. The van der Waals surface area contributed by atoms with Crippen molar-refractivity contribution in [3.05, 3.63) is 64.2 Å². The zero-order chi connectivity index (χ0) is 14.7. The molecular formula is C17H20ClNS. The van der Waals surface area contributed by atoms with Crippen LogP contribution < -0.4 is 5.73 Å². The first-order chi connectivity index (χ1) is 9.47. The lowest BCUT2D eigenvalue weighted by molar-refractivity contribution is 0.721. The van der Waals surface area contributed by atoms with Gasteiger partial charge in [-0.1, -0.05) is 41.4 Å². The van der Waals surface area contributed by atoms with E-state index in [1.54, 1.807) is 0 Å². The molecule has 0 radical (unpaired) electrons. The largest absolute Gasteiger partial charge is 0.327 e. The summed E-state index contributed by atoms with van der Waals surface area (Å²) < 4.78 is 0. The maximum atomic E-state index is 6.19. The predicted octanol–water partition coefficient (Wildman–Crippen LogP) is 5.14. The molecule has 1 nitrogen and oxygen atoms in total. The van der Waals surface area contributed by atoms with Crippen LogP contribution in [0.15, 0.2) is 47.4 Å². The summed E-state index contributed by atoms with van der Waals surface area (Å²) in [5, 5.41) is 0.962. The van der Waals surface area contributed by atoms with E-state index < -0.39 is 0 Å². The van der Waals surface area contributed by atoms with Gasteiger partial charge >= 0.3 is 0 Å². The molecule has 20 heavy (non-hydrogen) atoms. The Hall–Kier alpha value is -0.960. The molecule has 0 aliphatic rings. The van der Waals surface area contributed by atoms with E-state index in [1.807, 2.05) is 36.9 Å². The highest BCUT2D eigenvalue weighted by Crippen LogP contribution is 2.39. The topological polar surface area (TPSA) is 26.0 Å². The number of hydrogen-bond donors (Lipinski definition) is 1. The minimum atomic E-state index is 0.0541. The maximum absolute atomic E-state index is 6.19. The van der Waals surface area contributed by atoms with Crippen molar-refractivity contribution in [3.63, 3.8) is 0 Å². The fraction of sp³-hybridized carbons (Fsp3) is 0.294. The lowest BCUT2D eigenvalue weighted by Gasteiger charge is -2.22. The van der Waals surface area contributed by atoms with E-state index in [2.05, 4.69) is 38.1 Å². The highest BCUT2D eigenvalue weighted by molar-refractivity contribution is 7.99. The zero-order valence-corrected chi connectivity index (χ0v) is 13.6. The van der Waals surface area contributed by atoms with Gasteiger partial charge in [0.25, 0.3) is 0 Å². The van der Waals surface area contributed by atoms with E-state index >= 15 is 0 Å². The van der Waals surface area contributed by atoms with Gasteiger partial charge < -0.3 is 5.73 Å². The lowest BCUT2D eigenvalue weighted by atomic mass is 10.1. The number of rotatable bonds is 4. The molecular weight excluding hydrogens is 286 g/mol. The van der Waals surface area contributed by atoms with Gasteiger partial charge in [-0.2, -0.15) is 0 Å². The first-order valence-corrected chi connectivity index (χ1v) is 7.98. The van der Waals surface area contributed by atoms with Crippen LogP contribution in [0, 0.1) is 13.8 Å². The third-order valence-electron chi connectivity index (χ3n) is 3.25. The molecule has 106 valence electrons. The third kappa shape index (κ3) is 3.78. The fourth-order valence-electron chi connectivity index (χ4n) is 2.13. The van der Waals surface area contributed by atoms with Crippen LogP contribution in [0.3, 0.4) is 0 Å². The van der Waals surface area contributed by atoms with E-state index in [-0.39, 0.29) is 11.3 Å². The molecule has 0 amide bonds. The van der Waals surface area contributed by atoms with Crippen molar-refractivity contribution < 1.29 is 0 Å². The number of halogens is 1. The number of aryl methyl sites for hydroxylation is 2. The van der Waals surface area contributed by atoms with Gasteiger partial charge in [-0.25, -0.2) is 0 Å². The van der Waals surface area contributed by atoms with Crippen molar-refractivity contribution in [2.75, 3.05) is 0 Å². The van der Waals surface area contributed by atoms with E-state index in [9.17, 15) is 0 Å². The summed E-state index contributed by atoms with van der Waals surface area (Å²) in [5.74, 6) is 0. The molecule has 0 saturated carbocycles. The van der Waals surface area contributed by atoms with Crippen LogP contribution in [-0.4, -0.2) is 6.04 Å². The number of nitrogens with two attached hydrogens (primary N) is 1. The van der Waals surface area contributed by atoms with Gasteiger partial charge in [0.15, 0.2) is 0 Å². The molecule has 2 aromatic carbocycles. The van der Waals surface area contributed by atoms with Crippen LogP contribution in [0.5, 0.6) is 0 Å². The number of thioether (sulfide) groups is 1. The SMILES string of the molecule is Cc1ccc(C)c(SC(c2cccc(Cl)c2)C(C)N)c1. The van der Waals surface area contributed by atoms with Crippen molar-refractivity contribution in [3.8, 4) is 0 Å². The average Bonchev–Trinajstić information content (AvgIpc) is 2.39. The Morgan fingerprint density at radius 2 is 1.85 bits per heavy atom. The number of hydrogen-bond acceptors (Lipinski definition) is 2. The lowest BCUT2D eigenvalue weighted by Crippen LogP contribution is -2.22. The first kappa shape index (κ1) is 15.4. The standard InChI is InChI=1S/C17H20ClNS/c1-11-7-8-12(2)16(9-11)20-17(13(3)19)14-5-4-6-15(18)10-14/h4-10,13,17H,19H2,1-3H3. The third-order valence-corrected chi connectivity index (χ3v) is 5.14. The van der Waals surface area contributed by atoms with E-state index in [0.29, 0.717) is 0 Å². The van der Waals surface area contributed by atoms with Gasteiger partial charge in [0.2, 0.25) is 0 Å². The highest BCUT2D eigenvalue weighted by atomic mass is 35.5. The quantitative estimate of drug-likeness (QED) is 0.792. The maximum Gasteiger partial charge on any atom is 0.0493 e. The van der Waals surface area contributed by atoms with E-state index in [0.717, 1.165) is 5.02 Å². The second-order valence-electron chi connectivity index (χ2n) is 5.22. The normalized spacial score (nSPS) is 14.1. The summed E-state index contributed by atoms with van der Waals surface area (Å²) in [6.07, 6.45) is 0. The first-order valence-electron chi connectivity index (χ1n) is 6.72. The summed E-state index contributed by atoms with van der Waals surface area (Å²) in [6, 6.07) is 14.6. The summed E-state index contributed by atoms with van der Waals surface area (Å²) in [5.41, 5.74) is 9.93. The van der Waals surface area contributed by atoms with Crippen molar-refractivity contribution in [2.45, 2.75) is 37.0 Å². The summed E-state index contributed by atoms with van der Waals surface area (Å²) in [4.78, 5) is 1.28. The molecule has 0 aliphatic heterocycles. The molecule has 2 N–H and O–H groups in total. The smallest absolute Gasteiger partial charge is 0.0493 e. The molecule has 2 rings (SSSR count). The second-order valence-corrected chi connectivity index (χ2v) is 6.84. The van der Waals surface area contributed by atoms with Crippen molar-refractivity contribution in [1.82, 2.24) is 0 Å². The predicted molar refractivity (Wildman–Crippen MR) is 89.6 cm³/mol. The molecule has 0 heterocycles. The van der Waals surface area contributed by atoms with Gasteiger partial charge in [-0.15, -0.1) is 11.8 Å². The Bertz CT molecular complexity index is 595. The van der Waals surface area contributed by atoms with Crippen LogP contribution >= 0.6 is 23.4 Å². The van der Waals surface area contributed by atoms with Gasteiger partial charge in [0, 0.05) is 21.2 Å². The van der Waals surface area contributed by atoms with Crippen LogP contribution in [0.4, 0.5) is 0 Å². The van der Waals surface area contributed by atoms with Gasteiger partial charge in [-0.3, -0.25) is 0 Å². The molecule has 2 aromatic rings. The van der Waals surface area contributed by atoms with Crippen LogP contribution in [-0.2, 0) is 0 Å². The minimum absolute atomic E-state index is 0.0541. The summed E-state index contributed by atoms with van der Waals surface area (Å²) >= 11 is 7.92. The Labute approximate surface area is 130 Å². The van der Waals surface area contributed by atoms with Crippen molar-refractivity contribution in [1.29, 1.82) is 0 Å². The molecule has 0 aromatic heterocycles. The van der Waals surface area contributed by atoms with Gasteiger partial charge in [0.1, 0.15) is 0 Å². The molecule has 0 spiro atoms. The Morgan fingerprint density at radius 3 is 2.50 bits per heavy atom. The Morgan fingerprint density at radius 1 is 1.10 bits per heavy atom. The monoisotopic (exact) mass is 305 g/mol. The van der Waals surface area contributed by atoms with Crippen LogP contribution in [0.1, 0.15) is 28.9 Å². The van der Waals surface area contributed by atoms with Gasteiger partial charge in [-0.05, 0) is 50.1 Å². The fourth-order valence-corrected chi connectivity index (χ4v) is 3.61. The second kappa shape index (κ2) is 6.66. The number of benzene rings is 2. The van der Waals surface area contributed by atoms with Crippen LogP contribution in [0.2, 0.25) is 5.02 Å². The van der Waals surface area contributed by atoms with Crippen molar-refractivity contribution in [2.24, 2.45) is 5.73 Å². The highest BCUT2D eigenvalue weighted by Gasteiger charge is 2.19. The molecule has 0 aliphatic carbocycles. The van der Waals surface area contributed by atoms with Crippen LogP contribution in [0.25, 0.3) is 0 Å². The van der Waals surface area contributed by atoms with E-state index in [4.69, 9.17) is 17.3 Å². The average molecular weight is 306 g/mol. The summed E-state index contributed by atoms with van der Waals surface area (Å²) in [7, 11) is 0. The zero-order valence-electron chi connectivity index (χ0n) is 12.1.